The van der Waals surface area contributed by atoms with Gasteiger partial charge in [0.1, 0.15) is 12.4 Å². The molecule has 0 radical (unpaired) electrons. The highest BCUT2D eigenvalue weighted by Crippen LogP contribution is 2.38. The van der Waals surface area contributed by atoms with Crippen LogP contribution in [0.2, 0.25) is 5.02 Å². The second-order valence-corrected chi connectivity index (χ2v) is 6.49. The zero-order chi connectivity index (χ0) is 18.2. The predicted molar refractivity (Wildman–Crippen MR) is 99.8 cm³/mol. The van der Waals surface area contributed by atoms with Crippen molar-refractivity contribution >= 4 is 27.5 Å². The molecule has 0 atom stereocenters. The average Bonchev–Trinajstić information content (AvgIpc) is 2.57. The normalized spacial score (nSPS) is 10.8. The van der Waals surface area contributed by atoms with Crippen LogP contribution in [0, 0.1) is 5.82 Å². The second-order valence-electron chi connectivity index (χ2n) is 5.23. The number of aliphatic hydroxyl groups is 1. The van der Waals surface area contributed by atoms with E-state index in [4.69, 9.17) is 26.2 Å². The molecule has 0 saturated carbocycles. The molecule has 4 nitrogen and oxygen atoms in total. The molecule has 2 aromatic carbocycles. The minimum atomic E-state index is -0.411. The summed E-state index contributed by atoms with van der Waals surface area (Å²) in [7, 11) is 0. The first-order valence-electron chi connectivity index (χ1n) is 7.89. The van der Waals surface area contributed by atoms with Crippen LogP contribution in [0.1, 0.15) is 18.1 Å². The van der Waals surface area contributed by atoms with E-state index >= 15 is 0 Å². The van der Waals surface area contributed by atoms with E-state index in [-0.39, 0.29) is 13.2 Å². The van der Waals surface area contributed by atoms with E-state index in [1.807, 2.05) is 19.1 Å². The summed E-state index contributed by atoms with van der Waals surface area (Å²) >= 11 is 9.52. The lowest BCUT2D eigenvalue weighted by Gasteiger charge is -2.16. The maximum absolute atomic E-state index is 13.9. The van der Waals surface area contributed by atoms with Gasteiger partial charge in [-0.25, -0.2) is 4.39 Å². The van der Waals surface area contributed by atoms with Gasteiger partial charge in [0, 0.05) is 18.7 Å². The highest BCUT2D eigenvalue weighted by molar-refractivity contribution is 9.10. The number of aliphatic hydroxyl groups excluding tert-OH is 1. The largest absolute Gasteiger partial charge is 0.490 e. The van der Waals surface area contributed by atoms with Gasteiger partial charge in [-0.1, -0.05) is 17.7 Å². The molecule has 0 aromatic heterocycles. The fourth-order valence-corrected chi connectivity index (χ4v) is 3.07. The minimum Gasteiger partial charge on any atom is -0.490 e. The van der Waals surface area contributed by atoms with Crippen LogP contribution >= 0.6 is 27.5 Å². The molecule has 0 bridgehead atoms. The quantitative estimate of drug-likeness (QED) is 0.580. The smallest absolute Gasteiger partial charge is 0.175 e. The Hall–Kier alpha value is -1.34. The molecule has 2 rings (SSSR count). The van der Waals surface area contributed by atoms with Crippen LogP contribution < -0.4 is 14.8 Å². The van der Waals surface area contributed by atoms with Gasteiger partial charge in [0.15, 0.2) is 11.5 Å². The lowest BCUT2D eigenvalue weighted by Crippen LogP contribution is -2.17. The van der Waals surface area contributed by atoms with Crippen molar-refractivity contribution in [1.29, 1.82) is 0 Å². The molecule has 0 aliphatic heterocycles. The standard InChI is InChI=1S/C18H20BrClFNO3/c1-2-24-17-9-12(10-22-6-7-23)8-14(19)18(17)25-11-13-15(20)4-3-5-16(13)21/h3-5,8-9,22-23H,2,6-7,10-11H2,1H3. The first-order chi connectivity index (χ1) is 12.1. The Morgan fingerprint density at radius 1 is 1.28 bits per heavy atom. The minimum absolute atomic E-state index is 0.00765. The third-order valence-electron chi connectivity index (χ3n) is 3.41. The highest BCUT2D eigenvalue weighted by atomic mass is 79.9. The summed E-state index contributed by atoms with van der Waals surface area (Å²) in [5.41, 5.74) is 1.27. The van der Waals surface area contributed by atoms with E-state index in [0.717, 1.165) is 5.56 Å². The molecular formula is C18H20BrClFNO3. The predicted octanol–water partition coefficient (Wildman–Crippen LogP) is 4.30. The first-order valence-corrected chi connectivity index (χ1v) is 9.06. The third-order valence-corrected chi connectivity index (χ3v) is 4.35. The lowest BCUT2D eigenvalue weighted by atomic mass is 10.2. The molecule has 25 heavy (non-hydrogen) atoms. The van der Waals surface area contributed by atoms with Crippen molar-refractivity contribution in [3.05, 3.63) is 56.8 Å². The molecule has 0 heterocycles. The van der Waals surface area contributed by atoms with Crippen LogP contribution in [-0.2, 0) is 13.2 Å². The van der Waals surface area contributed by atoms with Gasteiger partial charge >= 0.3 is 0 Å². The summed E-state index contributed by atoms with van der Waals surface area (Å²) in [6.45, 7) is 3.50. The summed E-state index contributed by atoms with van der Waals surface area (Å²) in [5.74, 6) is 0.642. The summed E-state index contributed by atoms with van der Waals surface area (Å²) in [6.07, 6.45) is 0. The Balaban J connectivity index is 2.21. The fraction of sp³-hybridized carbons (Fsp3) is 0.333. The van der Waals surface area contributed by atoms with E-state index in [1.54, 1.807) is 12.1 Å². The molecule has 0 aliphatic carbocycles. The monoisotopic (exact) mass is 431 g/mol. The van der Waals surface area contributed by atoms with Gasteiger partial charge in [-0.05, 0) is 52.7 Å². The first kappa shape index (κ1) is 20.0. The van der Waals surface area contributed by atoms with Gasteiger partial charge in [0.2, 0.25) is 0 Å². The van der Waals surface area contributed by atoms with Gasteiger partial charge in [-0.3, -0.25) is 0 Å². The van der Waals surface area contributed by atoms with Crippen LogP contribution in [0.15, 0.2) is 34.8 Å². The lowest BCUT2D eigenvalue weighted by molar-refractivity contribution is 0.264. The molecule has 136 valence electrons. The van der Waals surface area contributed by atoms with E-state index < -0.39 is 5.82 Å². The van der Waals surface area contributed by atoms with E-state index in [1.165, 1.54) is 6.07 Å². The zero-order valence-electron chi connectivity index (χ0n) is 13.8. The number of nitrogens with one attached hydrogen (secondary N) is 1. The number of hydrogen-bond donors (Lipinski definition) is 2. The highest BCUT2D eigenvalue weighted by Gasteiger charge is 2.15. The number of ether oxygens (including phenoxy) is 2. The van der Waals surface area contributed by atoms with Crippen molar-refractivity contribution < 1.29 is 19.0 Å². The molecular weight excluding hydrogens is 413 g/mol. The topological polar surface area (TPSA) is 50.7 Å². The molecule has 0 unspecified atom stereocenters. The summed E-state index contributed by atoms with van der Waals surface area (Å²) in [5, 5.41) is 12.3. The third kappa shape index (κ3) is 5.57. The zero-order valence-corrected chi connectivity index (χ0v) is 16.2. The van der Waals surface area contributed by atoms with Gasteiger partial charge in [-0.2, -0.15) is 0 Å². The van der Waals surface area contributed by atoms with Gasteiger partial charge in [-0.15, -0.1) is 0 Å². The molecule has 0 spiro atoms. The Bertz CT molecular complexity index is 695. The Labute approximate surface area is 160 Å². The number of hydrogen-bond acceptors (Lipinski definition) is 4. The van der Waals surface area contributed by atoms with Crippen LogP contribution in [0.3, 0.4) is 0 Å². The van der Waals surface area contributed by atoms with Crippen molar-refractivity contribution in [2.45, 2.75) is 20.1 Å². The van der Waals surface area contributed by atoms with Crippen molar-refractivity contribution in [2.75, 3.05) is 19.8 Å². The van der Waals surface area contributed by atoms with E-state index in [9.17, 15) is 4.39 Å². The Kier molecular flexibility index (Phi) is 7.96. The van der Waals surface area contributed by atoms with Crippen LogP contribution in [0.5, 0.6) is 11.5 Å². The molecule has 0 amide bonds. The van der Waals surface area contributed by atoms with Gasteiger partial charge < -0.3 is 19.9 Å². The SMILES string of the molecule is CCOc1cc(CNCCO)cc(Br)c1OCc1c(F)cccc1Cl. The summed E-state index contributed by atoms with van der Waals surface area (Å²) < 4.78 is 26.1. The van der Waals surface area contributed by atoms with Crippen LogP contribution in [-0.4, -0.2) is 24.9 Å². The molecule has 0 saturated heterocycles. The maximum atomic E-state index is 13.9. The molecule has 0 fully saturated rings. The van der Waals surface area contributed by atoms with E-state index in [2.05, 4.69) is 21.2 Å². The van der Waals surface area contributed by atoms with Gasteiger partial charge in [0.05, 0.1) is 22.7 Å². The fourth-order valence-electron chi connectivity index (χ4n) is 2.25. The Morgan fingerprint density at radius 2 is 2.08 bits per heavy atom. The van der Waals surface area contributed by atoms with Crippen LogP contribution in [0.4, 0.5) is 4.39 Å². The van der Waals surface area contributed by atoms with Gasteiger partial charge in [0.25, 0.3) is 0 Å². The Morgan fingerprint density at radius 3 is 2.76 bits per heavy atom. The van der Waals surface area contributed by atoms with Crippen molar-refractivity contribution in [3.63, 3.8) is 0 Å². The number of benzene rings is 2. The van der Waals surface area contributed by atoms with Crippen molar-refractivity contribution in [2.24, 2.45) is 0 Å². The van der Waals surface area contributed by atoms with Crippen molar-refractivity contribution in [1.82, 2.24) is 5.32 Å². The summed E-state index contributed by atoms with van der Waals surface area (Å²) in [6, 6.07) is 8.27. The average molecular weight is 433 g/mol. The van der Waals surface area contributed by atoms with E-state index in [0.29, 0.717) is 46.3 Å². The molecule has 2 aromatic rings. The van der Waals surface area contributed by atoms with Crippen LogP contribution in [0.25, 0.3) is 0 Å². The number of rotatable bonds is 9. The number of halogens is 3. The maximum Gasteiger partial charge on any atom is 0.175 e. The van der Waals surface area contributed by atoms with Crippen molar-refractivity contribution in [3.8, 4) is 11.5 Å². The summed E-state index contributed by atoms with van der Waals surface area (Å²) in [4.78, 5) is 0. The molecule has 7 heteroatoms. The second kappa shape index (κ2) is 9.97. The molecule has 2 N–H and O–H groups in total. The molecule has 0 aliphatic rings.